The molecule has 0 unspecified atom stereocenters. The molecule has 0 aromatic heterocycles. The maximum absolute atomic E-state index is 15.9. The van der Waals surface area contributed by atoms with Crippen LogP contribution in [-0.4, -0.2) is 38.3 Å². The molecule has 1 heterocycles. The Morgan fingerprint density at radius 2 is 1.07 bits per heavy atom. The Bertz CT molecular complexity index is 1020. The van der Waals surface area contributed by atoms with Gasteiger partial charge in [0.15, 0.2) is 21.8 Å². The van der Waals surface area contributed by atoms with Gasteiger partial charge in [0, 0.05) is 0 Å². The van der Waals surface area contributed by atoms with Crippen molar-refractivity contribution in [3.05, 3.63) is 23.0 Å². The fraction of sp³-hybridized carbons (Fsp3) is 0.735. The average Bonchev–Trinajstić information content (AvgIpc) is 3.35. The van der Waals surface area contributed by atoms with E-state index >= 15 is 13.2 Å². The molecule has 44 heavy (non-hydrogen) atoms. The Labute approximate surface area is 282 Å². The van der Waals surface area contributed by atoms with Crippen LogP contribution in [0.4, 0.5) is 13.2 Å². The molecule has 1 aliphatic heterocycles. The summed E-state index contributed by atoms with van der Waals surface area (Å²) in [6, 6.07) is 0. The number of carbonyl (C=O) groups is 2. The van der Waals surface area contributed by atoms with Gasteiger partial charge in [0.25, 0.3) is 5.91 Å². The lowest BCUT2D eigenvalue weighted by atomic mass is 10.1. The summed E-state index contributed by atoms with van der Waals surface area (Å²) >= 11 is 8.10. The van der Waals surface area contributed by atoms with Crippen molar-refractivity contribution >= 4 is 63.6 Å². The van der Waals surface area contributed by atoms with E-state index < -0.39 is 34.8 Å². The molecule has 1 aromatic rings. The third-order valence-electron chi connectivity index (χ3n) is 7.89. The summed E-state index contributed by atoms with van der Waals surface area (Å²) < 4.78 is 46.7. The summed E-state index contributed by atoms with van der Waals surface area (Å²) in [5, 5.41) is 0. The molecule has 1 saturated heterocycles. The van der Waals surface area contributed by atoms with Gasteiger partial charge in [0.1, 0.15) is 0 Å². The van der Waals surface area contributed by atoms with E-state index in [0.29, 0.717) is 16.4 Å². The normalized spacial score (nSPS) is 13.4. The summed E-state index contributed by atoms with van der Waals surface area (Å²) in [7, 11) is 0. The molecule has 1 aromatic carbocycles. The van der Waals surface area contributed by atoms with Crippen molar-refractivity contribution in [1.82, 2.24) is 4.90 Å². The van der Waals surface area contributed by atoms with Crippen LogP contribution in [0.15, 0.2) is 9.79 Å². The smallest absolute Gasteiger partial charge is 0.270 e. The minimum atomic E-state index is -1.40. The molecule has 0 radical (unpaired) electrons. The van der Waals surface area contributed by atoms with Crippen molar-refractivity contribution in [1.29, 1.82) is 0 Å². The summed E-state index contributed by atoms with van der Waals surface area (Å²) in [6.45, 7) is 4.42. The van der Waals surface area contributed by atoms with Gasteiger partial charge in [-0.2, -0.15) is 0 Å². The Hall–Kier alpha value is -0.710. The maximum atomic E-state index is 15.9. The molecule has 3 nitrogen and oxygen atoms in total. The molecule has 10 heteroatoms. The van der Waals surface area contributed by atoms with Gasteiger partial charge in [-0.05, 0) is 24.3 Å². The molecular formula is C34H52F3NO2S4. The summed E-state index contributed by atoms with van der Waals surface area (Å²) in [5.41, 5.74) is -0.724. The fourth-order valence-electron chi connectivity index (χ4n) is 5.26. The van der Waals surface area contributed by atoms with Gasteiger partial charge in [-0.25, -0.2) is 18.1 Å². The highest BCUT2D eigenvalue weighted by Crippen LogP contribution is 2.39. The number of thiocarbonyl (C=S) groups is 1. The van der Waals surface area contributed by atoms with Crippen LogP contribution in [0.25, 0.3) is 0 Å². The molecule has 0 N–H and O–H groups in total. The number of unbranched alkanes of at least 4 members (excludes halogenated alkanes) is 18. The minimum Gasteiger partial charge on any atom is -0.273 e. The van der Waals surface area contributed by atoms with Crippen molar-refractivity contribution in [3.63, 3.8) is 0 Å². The van der Waals surface area contributed by atoms with E-state index in [1.807, 2.05) is 0 Å². The number of hydrogen-bond acceptors (Lipinski definition) is 6. The fourth-order valence-corrected chi connectivity index (χ4v) is 8.48. The Morgan fingerprint density at radius 1 is 0.659 bits per heavy atom. The van der Waals surface area contributed by atoms with Gasteiger partial charge < -0.3 is 0 Å². The molecule has 250 valence electrons. The lowest BCUT2D eigenvalue weighted by Crippen LogP contribution is -2.36. The van der Waals surface area contributed by atoms with E-state index in [4.69, 9.17) is 12.2 Å². The van der Waals surface area contributed by atoms with E-state index in [1.165, 1.54) is 77.0 Å². The van der Waals surface area contributed by atoms with Crippen LogP contribution in [0.5, 0.6) is 0 Å². The van der Waals surface area contributed by atoms with Gasteiger partial charge >= 0.3 is 0 Å². The Morgan fingerprint density at radius 3 is 1.48 bits per heavy atom. The van der Waals surface area contributed by atoms with Crippen molar-refractivity contribution < 1.29 is 22.8 Å². The highest BCUT2D eigenvalue weighted by molar-refractivity contribution is 8.24. The molecule has 2 rings (SSSR count). The van der Waals surface area contributed by atoms with Gasteiger partial charge in [-0.15, -0.1) is 23.5 Å². The number of hydrogen-bond donors (Lipinski definition) is 0. The molecular weight excluding hydrogens is 640 g/mol. The van der Waals surface area contributed by atoms with Crippen molar-refractivity contribution in [3.8, 4) is 0 Å². The Balaban J connectivity index is 1.98. The third kappa shape index (κ3) is 13.6. The number of thioether (sulfide) groups is 3. The second kappa shape index (κ2) is 23.6. The van der Waals surface area contributed by atoms with Gasteiger partial charge in [-0.3, -0.25) is 9.59 Å². The number of rotatable bonds is 25. The molecule has 0 atom stereocenters. The topological polar surface area (TPSA) is 37.4 Å². The summed E-state index contributed by atoms with van der Waals surface area (Å²) in [4.78, 5) is 25.7. The number of benzene rings is 1. The lowest BCUT2D eigenvalue weighted by Gasteiger charge is -2.19. The van der Waals surface area contributed by atoms with E-state index in [9.17, 15) is 9.59 Å². The highest BCUT2D eigenvalue weighted by atomic mass is 32.2. The first kappa shape index (κ1) is 39.5. The maximum Gasteiger partial charge on any atom is 0.270 e. The molecule has 0 bridgehead atoms. The van der Waals surface area contributed by atoms with E-state index in [-0.39, 0.29) is 19.9 Å². The van der Waals surface area contributed by atoms with Crippen molar-refractivity contribution in [2.75, 3.05) is 17.3 Å². The van der Waals surface area contributed by atoms with Crippen LogP contribution in [0.3, 0.4) is 0 Å². The SMILES string of the molecule is CCCCCCCCCCCCSc1c(F)c(F)c(C(=O)N2C(=O)CSC2=S)c(SCCCCCCCCCCCC)c1F. The number of carbonyl (C=O) groups excluding carboxylic acids is 2. The first-order chi connectivity index (χ1) is 21.3. The third-order valence-corrected chi connectivity index (χ3v) is 11.6. The minimum absolute atomic E-state index is 0.0229. The van der Waals surface area contributed by atoms with Gasteiger partial charge in [-0.1, -0.05) is 153 Å². The first-order valence-corrected chi connectivity index (χ1v) is 20.2. The predicted molar refractivity (Wildman–Crippen MR) is 188 cm³/mol. The van der Waals surface area contributed by atoms with E-state index in [0.717, 1.165) is 86.7 Å². The average molecular weight is 692 g/mol. The van der Waals surface area contributed by atoms with Gasteiger partial charge in [0.05, 0.1) is 21.1 Å². The van der Waals surface area contributed by atoms with Crippen LogP contribution in [-0.2, 0) is 4.79 Å². The number of amides is 2. The number of halogens is 3. The van der Waals surface area contributed by atoms with Crippen LogP contribution in [0, 0.1) is 17.5 Å². The predicted octanol–water partition coefficient (Wildman–Crippen LogP) is 12.1. The number of nitrogens with zero attached hydrogens (tertiary/aromatic N) is 1. The zero-order valence-electron chi connectivity index (χ0n) is 26.8. The molecule has 0 aliphatic carbocycles. The summed E-state index contributed by atoms with van der Waals surface area (Å²) in [6.07, 6.45) is 23.0. The van der Waals surface area contributed by atoms with Crippen LogP contribution in [0.1, 0.15) is 153 Å². The zero-order valence-corrected chi connectivity index (χ0v) is 30.1. The van der Waals surface area contributed by atoms with E-state index in [2.05, 4.69) is 13.8 Å². The molecule has 2 amide bonds. The molecule has 0 saturated carbocycles. The van der Waals surface area contributed by atoms with Crippen LogP contribution >= 0.6 is 47.5 Å². The van der Waals surface area contributed by atoms with Crippen molar-refractivity contribution in [2.24, 2.45) is 0 Å². The summed E-state index contributed by atoms with van der Waals surface area (Å²) in [5.74, 6) is -4.49. The van der Waals surface area contributed by atoms with Crippen LogP contribution in [0.2, 0.25) is 0 Å². The van der Waals surface area contributed by atoms with E-state index in [1.54, 1.807) is 0 Å². The molecule has 1 aliphatic rings. The quantitative estimate of drug-likeness (QED) is 0.0334. The molecule has 0 spiro atoms. The monoisotopic (exact) mass is 691 g/mol. The molecule has 1 fully saturated rings. The second-order valence-corrected chi connectivity index (χ2v) is 15.4. The highest BCUT2D eigenvalue weighted by Gasteiger charge is 2.38. The standard InChI is InChI=1S/C34H52F3NO2S4/c1-3-5-7-9-11-13-15-17-19-21-23-42-31-27(33(40)38-26(39)25-44-34(38)41)28(35)29(36)32(30(31)37)43-24-22-20-18-16-14-12-10-8-6-4-2/h3-25H2,1-2H3. The first-order valence-electron chi connectivity index (χ1n) is 16.8. The van der Waals surface area contributed by atoms with Gasteiger partial charge in [0.2, 0.25) is 5.91 Å². The lowest BCUT2D eigenvalue weighted by molar-refractivity contribution is -0.122. The van der Waals surface area contributed by atoms with Crippen molar-refractivity contribution in [2.45, 2.75) is 152 Å². The zero-order chi connectivity index (χ0) is 32.2. The van der Waals surface area contributed by atoms with Crippen LogP contribution < -0.4 is 0 Å². The second-order valence-electron chi connectivity index (χ2n) is 11.6. The largest absolute Gasteiger partial charge is 0.273 e. The Kier molecular flexibility index (Phi) is 21.2. The number of imide groups is 1.